The summed E-state index contributed by atoms with van der Waals surface area (Å²) in [6.07, 6.45) is 0. The highest BCUT2D eigenvalue weighted by Crippen LogP contribution is 1.98. The summed E-state index contributed by atoms with van der Waals surface area (Å²) in [6, 6.07) is -0.316. The van der Waals surface area contributed by atoms with E-state index >= 15 is 0 Å². The van der Waals surface area contributed by atoms with E-state index in [1.54, 1.807) is 18.9 Å². The van der Waals surface area contributed by atoms with Gasteiger partial charge in [-0.1, -0.05) is 6.92 Å². The Morgan fingerprint density at radius 2 is 2.07 bits per heavy atom. The average molecular weight is 202 g/mol. The van der Waals surface area contributed by atoms with Gasteiger partial charge in [-0.05, 0) is 13.5 Å². The predicted octanol–water partition coefficient (Wildman–Crippen LogP) is -0.384. The standard InChI is InChI=1S/C9H18N2O3/c1-5-11(6-8(12)14-4)7(2)9(13)10-3/h7H,5-6H2,1-4H3,(H,10,13). The van der Waals surface area contributed by atoms with Gasteiger partial charge in [0.1, 0.15) is 0 Å². The molecule has 0 radical (unpaired) electrons. The molecule has 0 aliphatic heterocycles. The molecule has 0 fully saturated rings. The molecule has 0 aromatic heterocycles. The molecule has 0 saturated heterocycles. The maximum Gasteiger partial charge on any atom is 0.319 e. The second-order valence-corrected chi connectivity index (χ2v) is 2.93. The van der Waals surface area contributed by atoms with E-state index in [-0.39, 0.29) is 24.5 Å². The minimum Gasteiger partial charge on any atom is -0.468 e. The van der Waals surface area contributed by atoms with Crippen LogP contribution in [0.4, 0.5) is 0 Å². The first-order valence-corrected chi connectivity index (χ1v) is 4.59. The van der Waals surface area contributed by atoms with E-state index in [1.807, 2.05) is 6.92 Å². The fourth-order valence-electron chi connectivity index (χ4n) is 1.13. The van der Waals surface area contributed by atoms with Crippen LogP contribution in [0.5, 0.6) is 0 Å². The van der Waals surface area contributed by atoms with Gasteiger partial charge >= 0.3 is 5.97 Å². The first kappa shape index (κ1) is 12.9. The Bertz CT molecular complexity index is 206. The second-order valence-electron chi connectivity index (χ2n) is 2.93. The van der Waals surface area contributed by atoms with Gasteiger partial charge in [0, 0.05) is 7.05 Å². The van der Waals surface area contributed by atoms with E-state index in [9.17, 15) is 9.59 Å². The lowest BCUT2D eigenvalue weighted by molar-refractivity contribution is -0.143. The van der Waals surface area contributed by atoms with Crippen molar-refractivity contribution in [1.82, 2.24) is 10.2 Å². The fourth-order valence-corrected chi connectivity index (χ4v) is 1.13. The number of nitrogens with one attached hydrogen (secondary N) is 1. The van der Waals surface area contributed by atoms with Crippen molar-refractivity contribution in [2.24, 2.45) is 0 Å². The van der Waals surface area contributed by atoms with Crippen LogP contribution in [0.25, 0.3) is 0 Å². The first-order chi connectivity index (χ1) is 6.56. The summed E-state index contributed by atoms with van der Waals surface area (Å²) in [5.74, 6) is -0.432. The number of methoxy groups -OCH3 is 1. The summed E-state index contributed by atoms with van der Waals surface area (Å²) in [7, 11) is 2.91. The van der Waals surface area contributed by atoms with Crippen molar-refractivity contribution in [1.29, 1.82) is 0 Å². The van der Waals surface area contributed by atoms with Gasteiger partial charge in [0.25, 0.3) is 0 Å². The Morgan fingerprint density at radius 1 is 1.50 bits per heavy atom. The number of carbonyl (C=O) groups excluding carboxylic acids is 2. The molecule has 1 atom stereocenters. The van der Waals surface area contributed by atoms with Crippen molar-refractivity contribution in [3.05, 3.63) is 0 Å². The van der Waals surface area contributed by atoms with Crippen LogP contribution < -0.4 is 5.32 Å². The van der Waals surface area contributed by atoms with Gasteiger partial charge < -0.3 is 10.1 Å². The normalized spacial score (nSPS) is 12.4. The van der Waals surface area contributed by atoms with Gasteiger partial charge in [-0.2, -0.15) is 0 Å². The lowest BCUT2D eigenvalue weighted by Crippen LogP contribution is -2.46. The van der Waals surface area contributed by atoms with Crippen LogP contribution in [0.1, 0.15) is 13.8 Å². The number of likely N-dealkylation sites (N-methyl/N-ethyl adjacent to an activating group) is 2. The number of hydrogen-bond acceptors (Lipinski definition) is 4. The van der Waals surface area contributed by atoms with Gasteiger partial charge in [0.15, 0.2) is 0 Å². The number of amides is 1. The molecule has 0 saturated carbocycles. The minimum atomic E-state index is -0.331. The molecule has 0 aromatic carbocycles. The van der Waals surface area contributed by atoms with Crippen molar-refractivity contribution < 1.29 is 14.3 Å². The zero-order valence-corrected chi connectivity index (χ0v) is 9.16. The Labute approximate surface area is 84.4 Å². The third-order valence-electron chi connectivity index (χ3n) is 2.14. The van der Waals surface area contributed by atoms with Crippen molar-refractivity contribution in [2.75, 3.05) is 27.2 Å². The SMILES string of the molecule is CCN(CC(=O)OC)C(C)C(=O)NC. The molecule has 82 valence electrons. The van der Waals surface area contributed by atoms with Crippen LogP contribution in [0.15, 0.2) is 0 Å². The second kappa shape index (κ2) is 6.37. The van der Waals surface area contributed by atoms with Gasteiger partial charge in [-0.15, -0.1) is 0 Å². The van der Waals surface area contributed by atoms with Crippen molar-refractivity contribution in [3.8, 4) is 0 Å². The molecule has 1 amide bonds. The van der Waals surface area contributed by atoms with Gasteiger partial charge in [-0.25, -0.2) is 0 Å². The summed E-state index contributed by atoms with van der Waals surface area (Å²) in [5, 5.41) is 2.54. The molecular weight excluding hydrogens is 184 g/mol. The molecule has 0 aliphatic carbocycles. The monoisotopic (exact) mass is 202 g/mol. The summed E-state index contributed by atoms with van der Waals surface area (Å²) in [5.41, 5.74) is 0. The molecule has 0 aliphatic rings. The van der Waals surface area contributed by atoms with Crippen molar-refractivity contribution in [3.63, 3.8) is 0 Å². The number of esters is 1. The number of carbonyl (C=O) groups is 2. The third kappa shape index (κ3) is 3.74. The van der Waals surface area contributed by atoms with Crippen LogP contribution >= 0.6 is 0 Å². The molecule has 5 heteroatoms. The van der Waals surface area contributed by atoms with E-state index in [0.29, 0.717) is 6.54 Å². The molecule has 0 aromatic rings. The lowest BCUT2D eigenvalue weighted by atomic mass is 10.2. The first-order valence-electron chi connectivity index (χ1n) is 4.59. The van der Waals surface area contributed by atoms with E-state index < -0.39 is 0 Å². The van der Waals surface area contributed by atoms with Gasteiger partial charge in [-0.3, -0.25) is 14.5 Å². The topological polar surface area (TPSA) is 58.6 Å². The highest BCUT2D eigenvalue weighted by Gasteiger charge is 2.21. The molecule has 0 bridgehead atoms. The molecule has 5 nitrogen and oxygen atoms in total. The maximum atomic E-state index is 11.3. The number of nitrogens with zero attached hydrogens (tertiary/aromatic N) is 1. The number of rotatable bonds is 5. The van der Waals surface area contributed by atoms with Crippen LogP contribution in [0.2, 0.25) is 0 Å². The molecule has 0 spiro atoms. The van der Waals surface area contributed by atoms with E-state index in [0.717, 1.165) is 0 Å². The Kier molecular flexibility index (Phi) is 5.87. The van der Waals surface area contributed by atoms with Gasteiger partial charge in [0.2, 0.25) is 5.91 Å². The van der Waals surface area contributed by atoms with E-state index in [1.165, 1.54) is 7.11 Å². The zero-order chi connectivity index (χ0) is 11.1. The third-order valence-corrected chi connectivity index (χ3v) is 2.14. The highest BCUT2D eigenvalue weighted by molar-refractivity contribution is 5.82. The lowest BCUT2D eigenvalue weighted by Gasteiger charge is -2.24. The average Bonchev–Trinajstić information content (AvgIpc) is 2.23. The van der Waals surface area contributed by atoms with Crippen LogP contribution in [-0.2, 0) is 14.3 Å². The number of hydrogen-bond donors (Lipinski definition) is 1. The Balaban J connectivity index is 4.25. The highest BCUT2D eigenvalue weighted by atomic mass is 16.5. The largest absolute Gasteiger partial charge is 0.468 e. The van der Waals surface area contributed by atoms with Gasteiger partial charge in [0.05, 0.1) is 19.7 Å². The van der Waals surface area contributed by atoms with Crippen LogP contribution in [0.3, 0.4) is 0 Å². The quantitative estimate of drug-likeness (QED) is 0.617. The van der Waals surface area contributed by atoms with Crippen molar-refractivity contribution in [2.45, 2.75) is 19.9 Å². The molecule has 14 heavy (non-hydrogen) atoms. The fraction of sp³-hybridized carbons (Fsp3) is 0.778. The summed E-state index contributed by atoms with van der Waals surface area (Å²) >= 11 is 0. The Hall–Kier alpha value is -1.10. The van der Waals surface area contributed by atoms with Crippen molar-refractivity contribution >= 4 is 11.9 Å². The molecule has 0 heterocycles. The predicted molar refractivity (Wildman–Crippen MR) is 52.8 cm³/mol. The minimum absolute atomic E-state index is 0.101. The van der Waals surface area contributed by atoms with E-state index in [4.69, 9.17) is 0 Å². The Morgan fingerprint density at radius 3 is 2.43 bits per heavy atom. The summed E-state index contributed by atoms with van der Waals surface area (Å²) in [4.78, 5) is 24.0. The molecule has 1 unspecified atom stereocenters. The van der Waals surface area contributed by atoms with Crippen LogP contribution in [0, 0.1) is 0 Å². The summed E-state index contributed by atoms with van der Waals surface area (Å²) < 4.78 is 4.53. The van der Waals surface area contributed by atoms with Crippen LogP contribution in [-0.4, -0.2) is 50.1 Å². The maximum absolute atomic E-state index is 11.3. The smallest absolute Gasteiger partial charge is 0.319 e. The molecule has 0 rings (SSSR count). The summed E-state index contributed by atoms with van der Waals surface area (Å²) in [6.45, 7) is 4.42. The van der Waals surface area contributed by atoms with E-state index in [2.05, 4.69) is 10.1 Å². The number of ether oxygens (including phenoxy) is 1. The molecular formula is C9H18N2O3. The zero-order valence-electron chi connectivity index (χ0n) is 9.16. The molecule has 1 N–H and O–H groups in total.